The van der Waals surface area contributed by atoms with Crippen LogP contribution in [0.2, 0.25) is 0 Å². The molecule has 1 aliphatic carbocycles. The van der Waals surface area contributed by atoms with Crippen molar-refractivity contribution in [2.75, 3.05) is 19.8 Å². The van der Waals surface area contributed by atoms with Crippen LogP contribution in [0.5, 0.6) is 0 Å². The average molecular weight is 342 g/mol. The summed E-state index contributed by atoms with van der Waals surface area (Å²) in [7, 11) is 1.97. The zero-order valence-electron chi connectivity index (χ0n) is 14.8. The first-order valence-corrected chi connectivity index (χ1v) is 9.09. The fraction of sp³-hybridized carbons (Fsp3) is 0.579. The monoisotopic (exact) mass is 342 g/mol. The largest absolute Gasteiger partial charge is 0.376 e. The van der Waals surface area contributed by atoms with Gasteiger partial charge in [0.05, 0.1) is 32.1 Å². The molecule has 134 valence electrons. The van der Waals surface area contributed by atoms with Crippen LogP contribution in [0.25, 0.3) is 0 Å². The van der Waals surface area contributed by atoms with E-state index in [4.69, 9.17) is 9.47 Å². The first-order chi connectivity index (χ1) is 12.3. The molecular formula is C19H26N4O2. The molecule has 0 amide bonds. The maximum atomic E-state index is 6.14. The molecule has 4 rings (SSSR count). The van der Waals surface area contributed by atoms with E-state index in [-0.39, 0.29) is 0 Å². The molecule has 1 saturated carbocycles. The number of aryl methyl sites for hydroxylation is 1. The van der Waals surface area contributed by atoms with Crippen molar-refractivity contribution in [2.24, 2.45) is 13.0 Å². The van der Waals surface area contributed by atoms with Gasteiger partial charge in [-0.1, -0.05) is 6.07 Å². The van der Waals surface area contributed by atoms with Crippen molar-refractivity contribution in [1.82, 2.24) is 19.7 Å². The van der Waals surface area contributed by atoms with Gasteiger partial charge in [0.25, 0.3) is 0 Å². The number of rotatable bonds is 6. The smallest absolute Gasteiger partial charge is 0.0781 e. The summed E-state index contributed by atoms with van der Waals surface area (Å²) in [6.45, 7) is 4.15. The number of hydrogen-bond donors (Lipinski definition) is 0. The van der Waals surface area contributed by atoms with E-state index < -0.39 is 0 Å². The summed E-state index contributed by atoms with van der Waals surface area (Å²) in [4.78, 5) is 6.70. The summed E-state index contributed by atoms with van der Waals surface area (Å²) in [6.07, 6.45) is 10.4. The molecule has 2 aliphatic rings. The maximum absolute atomic E-state index is 6.14. The van der Waals surface area contributed by atoms with Gasteiger partial charge in [0.2, 0.25) is 0 Å². The van der Waals surface area contributed by atoms with Gasteiger partial charge in [0, 0.05) is 56.3 Å². The van der Waals surface area contributed by atoms with Gasteiger partial charge in [-0.15, -0.1) is 0 Å². The summed E-state index contributed by atoms with van der Waals surface area (Å²) in [5.74, 6) is 0.485. The van der Waals surface area contributed by atoms with Gasteiger partial charge in [-0.2, -0.15) is 5.10 Å². The summed E-state index contributed by atoms with van der Waals surface area (Å²) < 4.78 is 14.0. The molecular weight excluding hydrogens is 316 g/mol. The molecule has 0 N–H and O–H groups in total. The van der Waals surface area contributed by atoms with Crippen LogP contribution in [-0.4, -0.2) is 51.6 Å². The number of hydrogen-bond acceptors (Lipinski definition) is 5. The van der Waals surface area contributed by atoms with Gasteiger partial charge in [-0.05, 0) is 24.5 Å². The standard InChI is InChI=1S/C19H26N4O2/c1-22-11-16(10-21-22)12-23-7-8-25-19-17(4-5-18(19)23)14-24-13-15-3-2-6-20-9-15/h2-3,6,9-11,17-19H,4-5,7-8,12-14H2,1H3/t17-,18-,19-/m1/s1. The normalized spacial score (nSPS) is 26.7. The lowest BCUT2D eigenvalue weighted by Gasteiger charge is -2.39. The highest BCUT2D eigenvalue weighted by Crippen LogP contribution is 2.35. The molecule has 3 atom stereocenters. The second-order valence-electron chi connectivity index (χ2n) is 7.11. The SMILES string of the molecule is Cn1cc(CN2CCO[C@@H]3[C@@H](COCc4cccnc4)CC[C@H]32)cn1. The van der Waals surface area contributed by atoms with Crippen LogP contribution in [0.1, 0.15) is 24.0 Å². The van der Waals surface area contributed by atoms with Gasteiger partial charge < -0.3 is 9.47 Å². The van der Waals surface area contributed by atoms with Crippen LogP contribution in [-0.2, 0) is 29.7 Å². The summed E-state index contributed by atoms with van der Waals surface area (Å²) >= 11 is 0. The Hall–Kier alpha value is -1.76. The summed E-state index contributed by atoms with van der Waals surface area (Å²) in [6, 6.07) is 4.50. The number of ether oxygens (including phenoxy) is 2. The van der Waals surface area contributed by atoms with Crippen molar-refractivity contribution >= 4 is 0 Å². The fourth-order valence-electron chi connectivity index (χ4n) is 4.11. The molecule has 0 radical (unpaired) electrons. The Morgan fingerprint density at radius 2 is 2.24 bits per heavy atom. The average Bonchev–Trinajstić information content (AvgIpc) is 3.23. The van der Waals surface area contributed by atoms with E-state index in [0.29, 0.717) is 24.7 Å². The minimum atomic E-state index is 0.291. The van der Waals surface area contributed by atoms with E-state index in [9.17, 15) is 0 Å². The number of fused-ring (bicyclic) bond motifs is 1. The second-order valence-corrected chi connectivity index (χ2v) is 7.11. The Labute approximate surface area is 148 Å². The molecule has 2 fully saturated rings. The molecule has 6 nitrogen and oxygen atoms in total. The van der Waals surface area contributed by atoms with Crippen LogP contribution in [0.4, 0.5) is 0 Å². The maximum Gasteiger partial charge on any atom is 0.0781 e. The van der Waals surface area contributed by atoms with E-state index in [1.165, 1.54) is 18.4 Å². The lowest BCUT2D eigenvalue weighted by molar-refractivity contribution is -0.0891. The van der Waals surface area contributed by atoms with Crippen LogP contribution >= 0.6 is 0 Å². The number of morpholine rings is 1. The molecule has 0 spiro atoms. The lowest BCUT2D eigenvalue weighted by Crippen LogP contribution is -2.50. The molecule has 0 aromatic carbocycles. The van der Waals surface area contributed by atoms with Crippen LogP contribution in [0, 0.1) is 5.92 Å². The Bertz CT molecular complexity index is 675. The molecule has 6 heteroatoms. The minimum Gasteiger partial charge on any atom is -0.376 e. The van der Waals surface area contributed by atoms with Gasteiger partial charge in [-0.25, -0.2) is 0 Å². The highest BCUT2D eigenvalue weighted by molar-refractivity contribution is 5.07. The third kappa shape index (κ3) is 3.92. The number of aromatic nitrogens is 3. The number of nitrogens with zero attached hydrogens (tertiary/aromatic N) is 4. The van der Waals surface area contributed by atoms with Gasteiger partial charge in [0.1, 0.15) is 0 Å². The van der Waals surface area contributed by atoms with Gasteiger partial charge in [0.15, 0.2) is 0 Å². The Balaban J connectivity index is 1.31. The van der Waals surface area contributed by atoms with Crippen molar-refractivity contribution in [3.05, 3.63) is 48.0 Å². The van der Waals surface area contributed by atoms with Crippen molar-refractivity contribution in [3.8, 4) is 0 Å². The highest BCUT2D eigenvalue weighted by Gasteiger charge is 2.42. The predicted molar refractivity (Wildman–Crippen MR) is 93.8 cm³/mol. The Morgan fingerprint density at radius 1 is 1.28 bits per heavy atom. The topological polar surface area (TPSA) is 52.4 Å². The third-order valence-corrected chi connectivity index (χ3v) is 5.30. The molecule has 25 heavy (non-hydrogen) atoms. The van der Waals surface area contributed by atoms with Gasteiger partial charge in [-0.3, -0.25) is 14.6 Å². The molecule has 1 saturated heterocycles. The van der Waals surface area contributed by atoms with E-state index in [1.807, 2.05) is 30.2 Å². The van der Waals surface area contributed by atoms with E-state index >= 15 is 0 Å². The molecule has 0 unspecified atom stereocenters. The fourth-order valence-corrected chi connectivity index (χ4v) is 4.11. The van der Waals surface area contributed by atoms with Crippen LogP contribution in [0.15, 0.2) is 36.9 Å². The Kier molecular flexibility index (Phi) is 5.10. The zero-order chi connectivity index (χ0) is 17.1. The third-order valence-electron chi connectivity index (χ3n) is 5.30. The molecule has 2 aromatic heterocycles. The second kappa shape index (κ2) is 7.64. The van der Waals surface area contributed by atoms with Gasteiger partial charge >= 0.3 is 0 Å². The van der Waals surface area contributed by atoms with E-state index in [0.717, 1.165) is 31.9 Å². The molecule has 0 bridgehead atoms. The molecule has 2 aromatic rings. The van der Waals surface area contributed by atoms with Crippen molar-refractivity contribution in [2.45, 2.75) is 38.1 Å². The van der Waals surface area contributed by atoms with E-state index in [1.54, 1.807) is 6.20 Å². The van der Waals surface area contributed by atoms with Crippen LogP contribution < -0.4 is 0 Å². The molecule has 3 heterocycles. The first-order valence-electron chi connectivity index (χ1n) is 9.09. The number of pyridine rings is 1. The minimum absolute atomic E-state index is 0.291. The zero-order valence-corrected chi connectivity index (χ0v) is 14.8. The van der Waals surface area contributed by atoms with E-state index in [2.05, 4.69) is 27.2 Å². The Morgan fingerprint density at radius 3 is 3.04 bits per heavy atom. The highest BCUT2D eigenvalue weighted by atomic mass is 16.5. The van der Waals surface area contributed by atoms with Crippen molar-refractivity contribution in [1.29, 1.82) is 0 Å². The van der Waals surface area contributed by atoms with Crippen LogP contribution in [0.3, 0.4) is 0 Å². The van der Waals surface area contributed by atoms with Crippen molar-refractivity contribution < 1.29 is 9.47 Å². The quantitative estimate of drug-likeness (QED) is 0.804. The van der Waals surface area contributed by atoms with Crippen molar-refractivity contribution in [3.63, 3.8) is 0 Å². The first kappa shape index (κ1) is 16.7. The summed E-state index contributed by atoms with van der Waals surface area (Å²) in [5.41, 5.74) is 2.40. The lowest BCUT2D eigenvalue weighted by atomic mass is 10.0. The molecule has 1 aliphatic heterocycles. The summed E-state index contributed by atoms with van der Waals surface area (Å²) in [5, 5.41) is 4.29. The predicted octanol–water partition coefficient (Wildman–Crippen LogP) is 2.01.